The van der Waals surface area contributed by atoms with E-state index >= 15 is 0 Å². The standard InChI is InChI=1S/C6H8N2O2/c1-2-10-6(9)8-4-3-7-5-8/h3-5H,2H2,1H3/p+1. The van der Waals surface area contributed by atoms with Gasteiger partial charge in [0.15, 0.2) is 0 Å². The molecular weight excluding hydrogens is 132 g/mol. The molecule has 0 saturated heterocycles. The first-order valence-corrected chi connectivity index (χ1v) is 3.05. The van der Waals surface area contributed by atoms with Crippen molar-refractivity contribution in [1.29, 1.82) is 0 Å². The molecule has 0 spiro atoms. The second-order valence-electron chi connectivity index (χ2n) is 1.72. The van der Waals surface area contributed by atoms with Crippen LogP contribution >= 0.6 is 0 Å². The molecule has 0 aromatic carbocycles. The van der Waals surface area contributed by atoms with E-state index in [1.807, 2.05) is 0 Å². The molecule has 0 fully saturated rings. The van der Waals surface area contributed by atoms with Crippen molar-refractivity contribution < 1.29 is 14.5 Å². The maximum Gasteiger partial charge on any atom is 0.511 e. The Kier molecular flexibility index (Phi) is 2.04. The molecule has 0 bridgehead atoms. The van der Waals surface area contributed by atoms with Gasteiger partial charge < -0.3 is 4.74 Å². The quantitative estimate of drug-likeness (QED) is 0.565. The van der Waals surface area contributed by atoms with Crippen molar-refractivity contribution in [2.24, 2.45) is 0 Å². The van der Waals surface area contributed by atoms with Gasteiger partial charge in [-0.2, -0.15) is 4.79 Å². The summed E-state index contributed by atoms with van der Waals surface area (Å²) in [7, 11) is 0. The summed E-state index contributed by atoms with van der Waals surface area (Å²) in [6.07, 6.45) is 4.41. The maximum atomic E-state index is 10.8. The second-order valence-corrected chi connectivity index (χ2v) is 1.72. The van der Waals surface area contributed by atoms with Crippen molar-refractivity contribution in [2.75, 3.05) is 6.61 Å². The zero-order valence-corrected chi connectivity index (χ0v) is 5.70. The average Bonchev–Trinajstić information content (AvgIpc) is 2.38. The van der Waals surface area contributed by atoms with E-state index in [-0.39, 0.29) is 6.09 Å². The van der Waals surface area contributed by atoms with Crippen LogP contribution < -0.4 is 4.98 Å². The molecule has 0 aliphatic heterocycles. The predicted molar refractivity (Wildman–Crippen MR) is 33.4 cm³/mol. The maximum absolute atomic E-state index is 10.8. The fourth-order valence-corrected chi connectivity index (χ4v) is 0.601. The Morgan fingerprint density at radius 2 is 2.60 bits per heavy atom. The molecule has 1 aromatic heterocycles. The van der Waals surface area contributed by atoms with Crippen molar-refractivity contribution in [3.05, 3.63) is 18.7 Å². The van der Waals surface area contributed by atoms with Gasteiger partial charge in [0.25, 0.3) is 6.33 Å². The van der Waals surface area contributed by atoms with Crippen molar-refractivity contribution in [3.63, 3.8) is 0 Å². The average molecular weight is 141 g/mol. The zero-order chi connectivity index (χ0) is 7.40. The largest absolute Gasteiger partial charge is 0.511 e. The minimum Gasteiger partial charge on any atom is -0.431 e. The van der Waals surface area contributed by atoms with Crippen LogP contribution in [-0.2, 0) is 4.74 Å². The van der Waals surface area contributed by atoms with E-state index in [0.717, 1.165) is 0 Å². The molecule has 0 amide bonds. The minimum atomic E-state index is -0.358. The van der Waals surface area contributed by atoms with Crippen LogP contribution in [0.25, 0.3) is 0 Å². The fraction of sp³-hybridized carbons (Fsp3) is 0.333. The Labute approximate surface area is 58.4 Å². The van der Waals surface area contributed by atoms with Gasteiger partial charge in [0.1, 0.15) is 12.4 Å². The number of imidazole rings is 1. The highest BCUT2D eigenvalue weighted by Gasteiger charge is 2.08. The van der Waals surface area contributed by atoms with E-state index in [2.05, 4.69) is 4.98 Å². The Morgan fingerprint density at radius 3 is 3.10 bits per heavy atom. The summed E-state index contributed by atoms with van der Waals surface area (Å²) >= 11 is 0. The highest BCUT2D eigenvalue weighted by atomic mass is 16.5. The van der Waals surface area contributed by atoms with Crippen LogP contribution in [0.4, 0.5) is 4.79 Å². The first-order valence-electron chi connectivity index (χ1n) is 3.05. The first-order chi connectivity index (χ1) is 4.84. The molecule has 1 rings (SSSR count). The lowest BCUT2D eigenvalue weighted by Crippen LogP contribution is -2.12. The van der Waals surface area contributed by atoms with Crippen LogP contribution in [0.15, 0.2) is 18.7 Å². The number of ether oxygens (including phenoxy) is 1. The minimum absolute atomic E-state index is 0.358. The number of aromatic nitrogens is 2. The van der Waals surface area contributed by atoms with E-state index in [1.165, 1.54) is 10.9 Å². The number of hydrogen-bond donors (Lipinski definition) is 0. The Hall–Kier alpha value is -1.32. The van der Waals surface area contributed by atoms with E-state index in [1.54, 1.807) is 19.3 Å². The lowest BCUT2D eigenvalue weighted by atomic mass is 10.8. The monoisotopic (exact) mass is 141 g/mol. The van der Waals surface area contributed by atoms with Crippen LogP contribution in [0, 0.1) is 0 Å². The van der Waals surface area contributed by atoms with Crippen LogP contribution in [0.2, 0.25) is 0 Å². The van der Waals surface area contributed by atoms with E-state index in [4.69, 9.17) is 4.74 Å². The Balaban J connectivity index is 2.59. The summed E-state index contributed by atoms with van der Waals surface area (Å²) < 4.78 is 6.03. The van der Waals surface area contributed by atoms with Gasteiger partial charge in [0, 0.05) is 0 Å². The van der Waals surface area contributed by atoms with E-state index in [0.29, 0.717) is 6.61 Å². The van der Waals surface area contributed by atoms with E-state index in [9.17, 15) is 4.79 Å². The molecule has 0 aliphatic carbocycles. The van der Waals surface area contributed by atoms with Gasteiger partial charge in [-0.15, -0.1) is 4.57 Å². The zero-order valence-electron chi connectivity index (χ0n) is 5.70. The third-order valence-corrected chi connectivity index (χ3v) is 1.02. The molecule has 1 N–H and O–H groups in total. The number of hydrogen-bond acceptors (Lipinski definition) is 2. The number of rotatable bonds is 1. The molecule has 4 nitrogen and oxygen atoms in total. The SMILES string of the molecule is CCOC(=O)n1cc[nH+]c1. The summed E-state index contributed by atoms with van der Waals surface area (Å²) in [5.41, 5.74) is 0. The highest BCUT2D eigenvalue weighted by molar-refractivity contribution is 5.69. The molecule has 0 atom stereocenters. The predicted octanol–water partition coefficient (Wildman–Crippen LogP) is 0.307. The number of H-pyrrole nitrogens is 1. The number of nitrogens with one attached hydrogen (secondary N) is 1. The summed E-state index contributed by atoms with van der Waals surface area (Å²) in [4.78, 5) is 13.6. The molecule has 54 valence electrons. The number of aromatic amines is 1. The van der Waals surface area contributed by atoms with Crippen molar-refractivity contribution in [1.82, 2.24) is 4.57 Å². The van der Waals surface area contributed by atoms with Crippen molar-refractivity contribution in [2.45, 2.75) is 6.92 Å². The van der Waals surface area contributed by atoms with Gasteiger partial charge in [0.2, 0.25) is 0 Å². The van der Waals surface area contributed by atoms with Crippen LogP contribution in [-0.4, -0.2) is 17.3 Å². The summed E-state index contributed by atoms with van der Waals surface area (Å²) in [6, 6.07) is 0. The molecular formula is C6H9N2O2+. The van der Waals surface area contributed by atoms with Gasteiger partial charge in [0.05, 0.1) is 6.61 Å². The lowest BCUT2D eigenvalue weighted by Gasteiger charge is -1.92. The van der Waals surface area contributed by atoms with Gasteiger partial charge in [-0.1, -0.05) is 0 Å². The third kappa shape index (κ3) is 1.34. The fourth-order valence-electron chi connectivity index (χ4n) is 0.601. The van der Waals surface area contributed by atoms with Crippen molar-refractivity contribution >= 4 is 6.09 Å². The molecule has 0 aliphatic rings. The summed E-state index contributed by atoms with van der Waals surface area (Å²) in [5.74, 6) is 0. The topological polar surface area (TPSA) is 45.4 Å². The summed E-state index contributed by atoms with van der Waals surface area (Å²) in [5, 5.41) is 0. The van der Waals surface area contributed by atoms with Crippen LogP contribution in [0.5, 0.6) is 0 Å². The Bertz CT molecular complexity index is 206. The molecule has 4 heteroatoms. The van der Waals surface area contributed by atoms with Gasteiger partial charge in [-0.25, -0.2) is 4.98 Å². The van der Waals surface area contributed by atoms with Crippen LogP contribution in [0.1, 0.15) is 6.92 Å². The lowest BCUT2D eigenvalue weighted by molar-refractivity contribution is -0.376. The normalized spacial score (nSPS) is 9.30. The van der Waals surface area contributed by atoms with Gasteiger partial charge in [-0.3, -0.25) is 0 Å². The second kappa shape index (κ2) is 3.00. The molecule has 0 unspecified atom stereocenters. The number of nitrogens with zero attached hydrogens (tertiary/aromatic N) is 1. The van der Waals surface area contributed by atoms with Crippen molar-refractivity contribution in [3.8, 4) is 0 Å². The van der Waals surface area contributed by atoms with E-state index < -0.39 is 0 Å². The molecule has 0 saturated carbocycles. The molecule has 10 heavy (non-hydrogen) atoms. The van der Waals surface area contributed by atoms with Gasteiger partial charge in [-0.05, 0) is 6.92 Å². The number of carbonyl (C=O) groups is 1. The molecule has 0 radical (unpaired) electrons. The smallest absolute Gasteiger partial charge is 0.431 e. The third-order valence-electron chi connectivity index (χ3n) is 1.02. The summed E-state index contributed by atoms with van der Waals surface area (Å²) in [6.45, 7) is 2.17. The van der Waals surface area contributed by atoms with Crippen LogP contribution in [0.3, 0.4) is 0 Å². The highest BCUT2D eigenvalue weighted by Crippen LogP contribution is 1.85. The molecule has 1 aromatic rings. The number of carbonyl (C=O) groups excluding carboxylic acids is 1. The Morgan fingerprint density at radius 1 is 1.80 bits per heavy atom. The molecule has 1 heterocycles. The van der Waals surface area contributed by atoms with Gasteiger partial charge >= 0.3 is 6.09 Å². The first kappa shape index (κ1) is 6.80.